The van der Waals surface area contributed by atoms with Crippen molar-refractivity contribution < 1.29 is 9.53 Å². The molecular weight excluding hydrogens is 208 g/mol. The zero-order valence-electron chi connectivity index (χ0n) is 10.00. The minimum atomic E-state index is -0.119. The number of carbonyl (C=O) groups is 1. The van der Waals surface area contributed by atoms with Gasteiger partial charge in [-0.1, -0.05) is 46.0 Å². The van der Waals surface area contributed by atoms with Gasteiger partial charge in [-0.05, 0) is 6.42 Å². The molecule has 0 radical (unpaired) electrons. The molecule has 0 rings (SSSR count). The molecule has 0 bridgehead atoms. The van der Waals surface area contributed by atoms with Gasteiger partial charge in [-0.25, -0.2) is 0 Å². The molecular formula is C12H24O2S. The fourth-order valence-corrected chi connectivity index (χ4v) is 1.52. The first-order chi connectivity index (χ1) is 7.16. The maximum atomic E-state index is 11.1. The molecule has 0 aromatic heterocycles. The highest BCUT2D eigenvalue weighted by atomic mass is 32.1. The lowest BCUT2D eigenvalue weighted by Gasteiger charge is -2.05. The molecule has 2 nitrogen and oxygen atoms in total. The number of hydrogen-bond acceptors (Lipinski definition) is 3. The predicted octanol–water partition coefficient (Wildman–Crippen LogP) is 3.60. The van der Waals surface area contributed by atoms with Crippen LogP contribution in [0.25, 0.3) is 0 Å². The van der Waals surface area contributed by atoms with E-state index in [0.29, 0.717) is 13.0 Å². The van der Waals surface area contributed by atoms with Crippen molar-refractivity contribution in [2.75, 3.05) is 6.61 Å². The van der Waals surface area contributed by atoms with Crippen LogP contribution in [0, 0.1) is 0 Å². The second kappa shape index (κ2) is 10.3. The Balaban J connectivity index is 3.13. The van der Waals surface area contributed by atoms with E-state index in [-0.39, 0.29) is 11.2 Å². The van der Waals surface area contributed by atoms with Gasteiger partial charge in [0.25, 0.3) is 0 Å². The minimum absolute atomic E-state index is 0.0991. The van der Waals surface area contributed by atoms with Gasteiger partial charge in [0, 0.05) is 5.25 Å². The molecule has 0 aliphatic carbocycles. The lowest BCUT2D eigenvalue weighted by molar-refractivity contribution is -0.143. The van der Waals surface area contributed by atoms with Crippen molar-refractivity contribution in [2.45, 2.75) is 64.0 Å². The highest BCUT2D eigenvalue weighted by Gasteiger charge is 2.05. The first-order valence-corrected chi connectivity index (χ1v) is 6.52. The van der Waals surface area contributed by atoms with Crippen LogP contribution in [-0.4, -0.2) is 17.8 Å². The summed E-state index contributed by atoms with van der Waals surface area (Å²) in [6.07, 6.45) is 7.73. The molecule has 0 saturated heterocycles. The maximum Gasteiger partial charge on any atom is 0.306 e. The second-order valence-electron chi connectivity index (χ2n) is 4.04. The van der Waals surface area contributed by atoms with Crippen LogP contribution in [0.1, 0.15) is 58.8 Å². The number of unbranched alkanes of at least 4 members (excludes halogenated alkanes) is 5. The van der Waals surface area contributed by atoms with E-state index in [1.165, 1.54) is 32.1 Å². The molecule has 1 unspecified atom stereocenters. The molecule has 0 aromatic rings. The van der Waals surface area contributed by atoms with Crippen LogP contribution in [0.4, 0.5) is 0 Å². The summed E-state index contributed by atoms with van der Waals surface area (Å²) in [7, 11) is 0. The molecule has 0 heterocycles. The molecule has 0 saturated carbocycles. The van der Waals surface area contributed by atoms with E-state index in [2.05, 4.69) is 19.6 Å². The van der Waals surface area contributed by atoms with Crippen LogP contribution < -0.4 is 0 Å². The molecule has 0 amide bonds. The number of carbonyl (C=O) groups excluding carboxylic acids is 1. The lowest BCUT2D eigenvalue weighted by Crippen LogP contribution is -2.10. The monoisotopic (exact) mass is 232 g/mol. The maximum absolute atomic E-state index is 11.1. The van der Waals surface area contributed by atoms with E-state index >= 15 is 0 Å². The van der Waals surface area contributed by atoms with Gasteiger partial charge in [-0.3, -0.25) is 4.79 Å². The van der Waals surface area contributed by atoms with Gasteiger partial charge in [-0.2, -0.15) is 12.6 Å². The molecule has 0 fully saturated rings. The van der Waals surface area contributed by atoms with Crippen LogP contribution in [0.15, 0.2) is 0 Å². The number of thiol groups is 1. The van der Waals surface area contributed by atoms with Gasteiger partial charge in [0.15, 0.2) is 0 Å². The van der Waals surface area contributed by atoms with E-state index < -0.39 is 0 Å². The summed E-state index contributed by atoms with van der Waals surface area (Å²) in [5, 5.41) is 0.0991. The van der Waals surface area contributed by atoms with Gasteiger partial charge in [0.2, 0.25) is 0 Å². The number of esters is 1. The summed E-state index contributed by atoms with van der Waals surface area (Å²) < 4.78 is 5.07. The average Bonchev–Trinajstić information content (AvgIpc) is 2.15. The van der Waals surface area contributed by atoms with E-state index in [9.17, 15) is 4.79 Å². The van der Waals surface area contributed by atoms with Crippen molar-refractivity contribution in [3.05, 3.63) is 0 Å². The van der Waals surface area contributed by atoms with Crippen molar-refractivity contribution in [2.24, 2.45) is 0 Å². The number of hydrogen-bond donors (Lipinski definition) is 1. The molecule has 0 aromatic carbocycles. The summed E-state index contributed by atoms with van der Waals surface area (Å²) in [5.41, 5.74) is 0. The Morgan fingerprint density at radius 1 is 1.20 bits per heavy atom. The Hall–Kier alpha value is -0.180. The Kier molecular flexibility index (Phi) is 10.2. The van der Waals surface area contributed by atoms with E-state index in [1.54, 1.807) is 0 Å². The van der Waals surface area contributed by atoms with Crippen LogP contribution in [0.2, 0.25) is 0 Å². The summed E-state index contributed by atoms with van der Waals surface area (Å²) in [5.74, 6) is -0.119. The van der Waals surface area contributed by atoms with Crippen LogP contribution in [0.5, 0.6) is 0 Å². The highest BCUT2D eigenvalue weighted by Crippen LogP contribution is 2.06. The number of ether oxygens (including phenoxy) is 1. The third-order valence-corrected chi connectivity index (χ3v) is 2.41. The molecule has 1 atom stereocenters. The fourth-order valence-electron chi connectivity index (χ4n) is 1.37. The third kappa shape index (κ3) is 11.7. The van der Waals surface area contributed by atoms with E-state index in [0.717, 1.165) is 6.42 Å². The van der Waals surface area contributed by atoms with Crippen LogP contribution >= 0.6 is 12.6 Å². The van der Waals surface area contributed by atoms with Gasteiger partial charge >= 0.3 is 5.97 Å². The molecule has 0 N–H and O–H groups in total. The summed E-state index contributed by atoms with van der Waals surface area (Å²) in [6.45, 7) is 4.68. The highest BCUT2D eigenvalue weighted by molar-refractivity contribution is 7.80. The lowest BCUT2D eigenvalue weighted by atomic mass is 10.1. The molecule has 0 aliphatic heterocycles. The molecule has 0 spiro atoms. The number of rotatable bonds is 9. The van der Waals surface area contributed by atoms with Gasteiger partial charge < -0.3 is 4.74 Å². The Bertz CT molecular complexity index is 158. The van der Waals surface area contributed by atoms with Crippen molar-refractivity contribution in [1.29, 1.82) is 0 Å². The molecule has 90 valence electrons. The Labute approximate surface area is 99.2 Å². The first kappa shape index (κ1) is 14.8. The largest absolute Gasteiger partial charge is 0.466 e. The molecule has 15 heavy (non-hydrogen) atoms. The standard InChI is InChI=1S/C12H24O2S/c1-3-4-5-6-7-8-9-14-12(13)10-11(2)15/h11,15H,3-10H2,1-2H3. The summed E-state index contributed by atoms with van der Waals surface area (Å²) >= 11 is 4.14. The zero-order chi connectivity index (χ0) is 11.5. The van der Waals surface area contributed by atoms with Crippen molar-refractivity contribution in [3.63, 3.8) is 0 Å². The Morgan fingerprint density at radius 2 is 1.80 bits per heavy atom. The predicted molar refractivity (Wildman–Crippen MR) is 67.4 cm³/mol. The third-order valence-electron chi connectivity index (χ3n) is 2.22. The minimum Gasteiger partial charge on any atom is -0.466 e. The molecule has 3 heteroatoms. The zero-order valence-corrected chi connectivity index (χ0v) is 10.9. The van der Waals surface area contributed by atoms with Crippen molar-refractivity contribution in [1.82, 2.24) is 0 Å². The van der Waals surface area contributed by atoms with Gasteiger partial charge in [0.1, 0.15) is 0 Å². The van der Waals surface area contributed by atoms with E-state index in [4.69, 9.17) is 4.74 Å². The average molecular weight is 232 g/mol. The SMILES string of the molecule is CCCCCCCCOC(=O)CC(C)S. The molecule has 0 aliphatic rings. The van der Waals surface area contributed by atoms with Gasteiger partial charge in [-0.15, -0.1) is 0 Å². The summed E-state index contributed by atoms with van der Waals surface area (Å²) in [4.78, 5) is 11.1. The van der Waals surface area contributed by atoms with Crippen LogP contribution in [0.3, 0.4) is 0 Å². The normalized spacial score (nSPS) is 12.5. The summed E-state index contributed by atoms with van der Waals surface area (Å²) in [6, 6.07) is 0. The van der Waals surface area contributed by atoms with Gasteiger partial charge in [0.05, 0.1) is 13.0 Å². The fraction of sp³-hybridized carbons (Fsp3) is 0.917. The second-order valence-corrected chi connectivity index (χ2v) is 4.92. The van der Waals surface area contributed by atoms with Crippen LogP contribution in [-0.2, 0) is 9.53 Å². The van der Waals surface area contributed by atoms with E-state index in [1.807, 2.05) is 6.92 Å². The topological polar surface area (TPSA) is 26.3 Å². The quantitative estimate of drug-likeness (QED) is 0.373. The first-order valence-electron chi connectivity index (χ1n) is 6.00. The van der Waals surface area contributed by atoms with Crippen molar-refractivity contribution in [3.8, 4) is 0 Å². The Morgan fingerprint density at radius 3 is 2.40 bits per heavy atom. The van der Waals surface area contributed by atoms with Crippen molar-refractivity contribution >= 4 is 18.6 Å². The smallest absolute Gasteiger partial charge is 0.306 e.